The monoisotopic (exact) mass is 325 g/mol. The number of benzene rings is 1. The molecule has 19 heavy (non-hydrogen) atoms. The third-order valence-electron chi connectivity index (χ3n) is 3.56. The predicted molar refractivity (Wildman–Crippen MR) is 77.3 cm³/mol. The molecular formula is C13H16BrN3O2. The highest BCUT2D eigenvalue weighted by molar-refractivity contribution is 9.10. The van der Waals surface area contributed by atoms with Crippen LogP contribution in [0.1, 0.15) is 18.0 Å². The summed E-state index contributed by atoms with van der Waals surface area (Å²) in [5.74, 6) is -0.141. The minimum Gasteiger partial charge on any atom is -0.380 e. The van der Waals surface area contributed by atoms with Crippen molar-refractivity contribution in [2.24, 2.45) is 5.73 Å². The van der Waals surface area contributed by atoms with Gasteiger partial charge in [0.15, 0.2) is 0 Å². The lowest BCUT2D eigenvalue weighted by molar-refractivity contribution is -0.116. The highest BCUT2D eigenvalue weighted by Crippen LogP contribution is 2.38. The van der Waals surface area contributed by atoms with Gasteiger partial charge in [0.2, 0.25) is 5.91 Å². The van der Waals surface area contributed by atoms with Crippen LogP contribution in [0.15, 0.2) is 16.6 Å². The van der Waals surface area contributed by atoms with Crippen LogP contribution >= 0.6 is 15.9 Å². The number of amides is 1. The third-order valence-corrected chi connectivity index (χ3v) is 4.19. The van der Waals surface area contributed by atoms with Crippen molar-refractivity contribution in [2.45, 2.75) is 12.5 Å². The second-order valence-corrected chi connectivity index (χ2v) is 5.67. The molecule has 2 heterocycles. The predicted octanol–water partition coefficient (Wildman–Crippen LogP) is 1.63. The van der Waals surface area contributed by atoms with E-state index in [2.05, 4.69) is 26.1 Å². The zero-order valence-corrected chi connectivity index (χ0v) is 12.1. The first-order chi connectivity index (χ1) is 9.16. The topological polar surface area (TPSA) is 67.6 Å². The van der Waals surface area contributed by atoms with Gasteiger partial charge >= 0.3 is 0 Å². The quantitative estimate of drug-likeness (QED) is 0.823. The molecule has 1 amide bonds. The van der Waals surface area contributed by atoms with Gasteiger partial charge in [-0.05, 0) is 34.5 Å². The standard InChI is InChI=1S/C13H16BrN3O2/c14-9-6-8-10(16-13(18)12(8)15)7-11(9)17-2-1-4-19-5-3-17/h6-7,12H,1-5,15H2,(H,16,18). The zero-order chi connectivity index (χ0) is 13.4. The van der Waals surface area contributed by atoms with Crippen LogP contribution in [0.25, 0.3) is 0 Å². The highest BCUT2D eigenvalue weighted by Gasteiger charge is 2.29. The van der Waals surface area contributed by atoms with Gasteiger partial charge in [-0.3, -0.25) is 4.79 Å². The molecule has 1 saturated heterocycles. The summed E-state index contributed by atoms with van der Waals surface area (Å²) in [6.45, 7) is 3.35. The number of ether oxygens (including phenoxy) is 1. The summed E-state index contributed by atoms with van der Waals surface area (Å²) >= 11 is 3.58. The van der Waals surface area contributed by atoms with Crippen molar-refractivity contribution in [3.05, 3.63) is 22.2 Å². The van der Waals surface area contributed by atoms with Gasteiger partial charge in [-0.15, -0.1) is 0 Å². The average Bonchev–Trinajstić information content (AvgIpc) is 2.63. The summed E-state index contributed by atoms with van der Waals surface area (Å²) in [4.78, 5) is 13.9. The Labute approximate surface area is 120 Å². The Morgan fingerprint density at radius 2 is 2.21 bits per heavy atom. The maximum atomic E-state index is 11.6. The molecule has 0 saturated carbocycles. The summed E-state index contributed by atoms with van der Waals surface area (Å²) in [5.41, 5.74) is 8.60. The normalized spacial score (nSPS) is 22.9. The number of hydrogen-bond donors (Lipinski definition) is 2. The molecule has 1 aromatic carbocycles. The lowest BCUT2D eigenvalue weighted by atomic mass is 10.1. The lowest BCUT2D eigenvalue weighted by Crippen LogP contribution is -2.26. The molecule has 3 rings (SSSR count). The molecule has 0 aliphatic carbocycles. The zero-order valence-electron chi connectivity index (χ0n) is 10.5. The van der Waals surface area contributed by atoms with E-state index in [9.17, 15) is 4.79 Å². The molecule has 1 aromatic rings. The van der Waals surface area contributed by atoms with Gasteiger partial charge in [0.25, 0.3) is 0 Å². The van der Waals surface area contributed by atoms with Crippen molar-refractivity contribution in [3.63, 3.8) is 0 Å². The molecule has 1 unspecified atom stereocenters. The second kappa shape index (κ2) is 5.11. The van der Waals surface area contributed by atoms with Gasteiger partial charge in [-0.2, -0.15) is 0 Å². The Kier molecular flexibility index (Phi) is 3.47. The Bertz CT molecular complexity index is 513. The van der Waals surface area contributed by atoms with Gasteiger partial charge in [0, 0.05) is 35.4 Å². The van der Waals surface area contributed by atoms with Gasteiger partial charge in [0.1, 0.15) is 6.04 Å². The maximum Gasteiger partial charge on any atom is 0.245 e. The van der Waals surface area contributed by atoms with E-state index in [0.29, 0.717) is 0 Å². The summed E-state index contributed by atoms with van der Waals surface area (Å²) in [7, 11) is 0. The molecule has 5 nitrogen and oxygen atoms in total. The van der Waals surface area contributed by atoms with E-state index in [1.54, 1.807) is 0 Å². The number of halogens is 1. The van der Waals surface area contributed by atoms with Crippen molar-refractivity contribution in [1.29, 1.82) is 0 Å². The number of nitrogens with two attached hydrogens (primary N) is 1. The van der Waals surface area contributed by atoms with Crippen LogP contribution in [0.3, 0.4) is 0 Å². The van der Waals surface area contributed by atoms with Crippen LogP contribution in [0.5, 0.6) is 0 Å². The molecule has 0 bridgehead atoms. The minimum atomic E-state index is -0.562. The van der Waals surface area contributed by atoms with E-state index in [0.717, 1.165) is 54.1 Å². The molecule has 6 heteroatoms. The molecular weight excluding hydrogens is 310 g/mol. The smallest absolute Gasteiger partial charge is 0.245 e. The SMILES string of the molecule is NC1C(=O)Nc2cc(N3CCCOCC3)c(Br)cc21. The van der Waals surface area contributed by atoms with Crippen molar-refractivity contribution in [3.8, 4) is 0 Å². The van der Waals surface area contributed by atoms with E-state index < -0.39 is 6.04 Å². The Morgan fingerprint density at radius 1 is 1.37 bits per heavy atom. The van der Waals surface area contributed by atoms with Crippen LogP contribution in [-0.4, -0.2) is 32.2 Å². The van der Waals surface area contributed by atoms with E-state index in [1.807, 2.05) is 12.1 Å². The molecule has 102 valence electrons. The van der Waals surface area contributed by atoms with E-state index >= 15 is 0 Å². The molecule has 2 aliphatic rings. The van der Waals surface area contributed by atoms with Crippen LogP contribution in [0.4, 0.5) is 11.4 Å². The molecule has 1 fully saturated rings. The summed E-state index contributed by atoms with van der Waals surface area (Å²) in [6, 6.07) is 3.38. The summed E-state index contributed by atoms with van der Waals surface area (Å²) < 4.78 is 6.44. The van der Waals surface area contributed by atoms with Crippen molar-refractivity contribution >= 4 is 33.2 Å². The first kappa shape index (κ1) is 12.9. The maximum absolute atomic E-state index is 11.6. The van der Waals surface area contributed by atoms with Crippen molar-refractivity contribution in [2.75, 3.05) is 36.5 Å². The third kappa shape index (κ3) is 2.35. The van der Waals surface area contributed by atoms with Crippen LogP contribution in [0.2, 0.25) is 0 Å². The summed E-state index contributed by atoms with van der Waals surface area (Å²) in [6.07, 6.45) is 1.01. The van der Waals surface area contributed by atoms with Gasteiger partial charge in [-0.1, -0.05) is 0 Å². The van der Waals surface area contributed by atoms with E-state index in [1.165, 1.54) is 0 Å². The highest BCUT2D eigenvalue weighted by atomic mass is 79.9. The van der Waals surface area contributed by atoms with Crippen LogP contribution < -0.4 is 16.0 Å². The average molecular weight is 326 g/mol. The van der Waals surface area contributed by atoms with Gasteiger partial charge < -0.3 is 20.7 Å². The fraction of sp³-hybridized carbons (Fsp3) is 0.462. The van der Waals surface area contributed by atoms with Crippen molar-refractivity contribution < 1.29 is 9.53 Å². The van der Waals surface area contributed by atoms with E-state index in [-0.39, 0.29) is 5.91 Å². The molecule has 0 aromatic heterocycles. The number of carbonyl (C=O) groups is 1. The van der Waals surface area contributed by atoms with Gasteiger partial charge in [-0.25, -0.2) is 0 Å². The molecule has 1 atom stereocenters. The number of rotatable bonds is 1. The Balaban J connectivity index is 1.95. The first-order valence-electron chi connectivity index (χ1n) is 6.39. The first-order valence-corrected chi connectivity index (χ1v) is 7.18. The number of fused-ring (bicyclic) bond motifs is 1. The largest absolute Gasteiger partial charge is 0.380 e. The Hall–Kier alpha value is -1.11. The number of anilines is 2. The fourth-order valence-corrected chi connectivity index (χ4v) is 3.14. The summed E-state index contributed by atoms with van der Waals surface area (Å²) in [5, 5.41) is 2.83. The number of nitrogens with one attached hydrogen (secondary N) is 1. The van der Waals surface area contributed by atoms with Crippen LogP contribution in [0, 0.1) is 0 Å². The fourth-order valence-electron chi connectivity index (χ4n) is 2.52. The second-order valence-electron chi connectivity index (χ2n) is 4.81. The van der Waals surface area contributed by atoms with E-state index in [4.69, 9.17) is 10.5 Å². The number of hydrogen-bond acceptors (Lipinski definition) is 4. The Morgan fingerprint density at radius 3 is 3.05 bits per heavy atom. The molecule has 2 aliphatic heterocycles. The molecule has 3 N–H and O–H groups in total. The number of nitrogens with zero attached hydrogens (tertiary/aromatic N) is 1. The number of carbonyl (C=O) groups excluding carboxylic acids is 1. The molecule has 0 spiro atoms. The van der Waals surface area contributed by atoms with Gasteiger partial charge in [0.05, 0.1) is 12.3 Å². The minimum absolute atomic E-state index is 0.141. The van der Waals surface area contributed by atoms with Crippen molar-refractivity contribution in [1.82, 2.24) is 0 Å². The molecule has 0 radical (unpaired) electrons. The lowest BCUT2D eigenvalue weighted by Gasteiger charge is -2.24. The van der Waals surface area contributed by atoms with Crippen LogP contribution in [-0.2, 0) is 9.53 Å².